The molecule has 4 heteroatoms. The molecule has 0 unspecified atom stereocenters. The summed E-state index contributed by atoms with van der Waals surface area (Å²) in [5, 5.41) is 0. The largest absolute Gasteiger partial charge is 0.494 e. The quantitative estimate of drug-likeness (QED) is 0.529. The lowest BCUT2D eigenvalue weighted by Gasteiger charge is -2.05. The summed E-state index contributed by atoms with van der Waals surface area (Å²) in [6.07, 6.45) is 1.83. The molecule has 0 aliphatic carbocycles. The van der Waals surface area contributed by atoms with Gasteiger partial charge in [0.05, 0.1) is 7.11 Å². The van der Waals surface area contributed by atoms with Gasteiger partial charge in [0.15, 0.2) is 11.6 Å². The summed E-state index contributed by atoms with van der Waals surface area (Å²) in [5.41, 5.74) is 8.01. The summed E-state index contributed by atoms with van der Waals surface area (Å²) in [4.78, 5) is 9.06. The minimum absolute atomic E-state index is 0.249. The first kappa shape index (κ1) is 15.4. The Morgan fingerprint density at radius 1 is 1.15 bits per heavy atom. The summed E-state index contributed by atoms with van der Waals surface area (Å²) in [6, 6.07) is 12.2. The second kappa shape index (κ2) is 7.74. The Labute approximate surface area is 117 Å². The third-order valence-corrected chi connectivity index (χ3v) is 2.49. The highest BCUT2D eigenvalue weighted by atomic mass is 19.1. The molecule has 0 fully saturated rings. The molecule has 0 aliphatic rings. The van der Waals surface area contributed by atoms with Crippen molar-refractivity contribution < 1.29 is 13.9 Å². The second-order valence-corrected chi connectivity index (χ2v) is 3.84. The Morgan fingerprint density at radius 3 is 2.15 bits per heavy atom. The molecule has 0 radical (unpaired) electrons. The van der Waals surface area contributed by atoms with Crippen molar-refractivity contribution in [1.82, 2.24) is 0 Å². The van der Waals surface area contributed by atoms with Crippen LogP contribution in [0.25, 0.3) is 11.1 Å². The fourth-order valence-electron chi connectivity index (χ4n) is 1.52. The molecule has 0 amide bonds. The number of halogens is 1. The number of rotatable bonds is 3. The Morgan fingerprint density at radius 2 is 1.70 bits per heavy atom. The zero-order valence-corrected chi connectivity index (χ0v) is 11.2. The number of nitrogens with two attached hydrogens (primary N) is 1. The Balaban J connectivity index is 0.000000444. The molecule has 2 rings (SSSR count). The van der Waals surface area contributed by atoms with Crippen LogP contribution in [0.3, 0.4) is 0 Å². The van der Waals surface area contributed by atoms with Crippen molar-refractivity contribution in [3.8, 4) is 16.9 Å². The van der Waals surface area contributed by atoms with Crippen LogP contribution < -0.4 is 10.5 Å². The molecule has 20 heavy (non-hydrogen) atoms. The van der Waals surface area contributed by atoms with Gasteiger partial charge in [0.1, 0.15) is 6.29 Å². The van der Waals surface area contributed by atoms with Crippen LogP contribution >= 0.6 is 0 Å². The van der Waals surface area contributed by atoms with Gasteiger partial charge in [0.2, 0.25) is 0 Å². The van der Waals surface area contributed by atoms with Crippen molar-refractivity contribution in [1.29, 1.82) is 0 Å². The highest BCUT2D eigenvalue weighted by Crippen LogP contribution is 2.25. The van der Waals surface area contributed by atoms with Gasteiger partial charge in [-0.2, -0.15) is 0 Å². The number of ether oxygens (including phenoxy) is 1. The predicted octanol–water partition coefficient (Wildman–Crippen LogP) is 3.45. The van der Waals surface area contributed by atoms with E-state index in [0.29, 0.717) is 12.0 Å². The van der Waals surface area contributed by atoms with Gasteiger partial charge in [-0.1, -0.05) is 24.8 Å². The molecule has 3 nitrogen and oxygen atoms in total. The van der Waals surface area contributed by atoms with Gasteiger partial charge in [-0.15, -0.1) is 0 Å². The Kier molecular flexibility index (Phi) is 5.97. The van der Waals surface area contributed by atoms with E-state index in [1.54, 1.807) is 18.2 Å². The number of hydrogen-bond donors (Lipinski definition) is 1. The maximum atomic E-state index is 13.5. The second-order valence-electron chi connectivity index (χ2n) is 3.84. The van der Waals surface area contributed by atoms with E-state index in [0.717, 1.165) is 11.1 Å². The van der Waals surface area contributed by atoms with Gasteiger partial charge in [-0.05, 0) is 41.5 Å². The number of hydrogen-bond acceptors (Lipinski definition) is 3. The van der Waals surface area contributed by atoms with Gasteiger partial charge >= 0.3 is 0 Å². The van der Waals surface area contributed by atoms with E-state index < -0.39 is 0 Å². The van der Waals surface area contributed by atoms with Crippen LogP contribution in [0.5, 0.6) is 5.75 Å². The van der Waals surface area contributed by atoms with Crippen molar-refractivity contribution in [3.63, 3.8) is 0 Å². The summed E-state index contributed by atoms with van der Waals surface area (Å²) < 4.78 is 18.3. The number of nitrogen functional groups attached to an aromatic ring is 1. The van der Waals surface area contributed by atoms with Gasteiger partial charge < -0.3 is 10.5 Å². The lowest BCUT2D eigenvalue weighted by molar-refractivity contribution is -0.104. The number of carbonyl (C=O) groups excluding carboxylic acids is 1. The van der Waals surface area contributed by atoms with E-state index in [2.05, 4.69) is 6.58 Å². The Bertz CT molecular complexity index is 574. The number of allylic oxidation sites excluding steroid dienone is 1. The molecular weight excluding hydrogens is 257 g/mol. The monoisotopic (exact) mass is 273 g/mol. The van der Waals surface area contributed by atoms with Crippen LogP contribution in [0.2, 0.25) is 0 Å². The number of benzene rings is 2. The van der Waals surface area contributed by atoms with Crippen molar-refractivity contribution in [2.24, 2.45) is 0 Å². The Hall–Kier alpha value is -2.62. The van der Waals surface area contributed by atoms with E-state index in [9.17, 15) is 4.39 Å². The number of methoxy groups -OCH3 is 1. The summed E-state index contributed by atoms with van der Waals surface area (Å²) in [5.74, 6) is -0.115. The molecule has 0 bridgehead atoms. The van der Waals surface area contributed by atoms with E-state index in [1.807, 2.05) is 18.2 Å². The van der Waals surface area contributed by atoms with Crippen molar-refractivity contribution in [3.05, 3.63) is 60.9 Å². The smallest absolute Gasteiger partial charge is 0.165 e. The number of aldehydes is 1. The predicted molar refractivity (Wildman–Crippen MR) is 79.1 cm³/mol. The van der Waals surface area contributed by atoms with Crippen LogP contribution in [0.15, 0.2) is 55.1 Å². The molecule has 0 heterocycles. The molecule has 2 aromatic carbocycles. The maximum Gasteiger partial charge on any atom is 0.165 e. The maximum absolute atomic E-state index is 13.5. The minimum atomic E-state index is -0.364. The average molecular weight is 273 g/mol. The zero-order chi connectivity index (χ0) is 15.0. The first-order chi connectivity index (χ1) is 9.62. The fraction of sp³-hybridized carbons (Fsp3) is 0.0625. The SMILES string of the molecule is C=CC=O.COc1ccc(-c2ccc(N)cc2)cc1F. The summed E-state index contributed by atoms with van der Waals surface area (Å²) >= 11 is 0. The third-order valence-electron chi connectivity index (χ3n) is 2.49. The molecule has 104 valence electrons. The topological polar surface area (TPSA) is 52.3 Å². The van der Waals surface area contributed by atoms with Gasteiger partial charge in [0.25, 0.3) is 0 Å². The van der Waals surface area contributed by atoms with Crippen LogP contribution in [-0.4, -0.2) is 13.4 Å². The summed E-state index contributed by atoms with van der Waals surface area (Å²) in [7, 11) is 1.45. The van der Waals surface area contributed by atoms with Crippen molar-refractivity contribution in [2.45, 2.75) is 0 Å². The molecule has 0 spiro atoms. The lowest BCUT2D eigenvalue weighted by atomic mass is 10.1. The van der Waals surface area contributed by atoms with E-state index in [1.165, 1.54) is 19.3 Å². The van der Waals surface area contributed by atoms with Crippen molar-refractivity contribution in [2.75, 3.05) is 12.8 Å². The normalized spacial score (nSPS) is 9.10. The van der Waals surface area contributed by atoms with Crippen LogP contribution in [0.1, 0.15) is 0 Å². The lowest BCUT2D eigenvalue weighted by Crippen LogP contribution is -1.89. The third kappa shape index (κ3) is 4.24. The fourth-order valence-corrected chi connectivity index (χ4v) is 1.52. The molecule has 2 aromatic rings. The van der Waals surface area contributed by atoms with Gasteiger partial charge in [0, 0.05) is 5.69 Å². The van der Waals surface area contributed by atoms with E-state index in [4.69, 9.17) is 15.3 Å². The van der Waals surface area contributed by atoms with Crippen molar-refractivity contribution >= 4 is 12.0 Å². The van der Waals surface area contributed by atoms with E-state index >= 15 is 0 Å². The van der Waals surface area contributed by atoms with Crippen LogP contribution in [0, 0.1) is 5.82 Å². The molecule has 2 N–H and O–H groups in total. The number of anilines is 1. The molecule has 0 atom stereocenters. The van der Waals surface area contributed by atoms with Gasteiger partial charge in [-0.3, -0.25) is 4.79 Å². The molecule has 0 aliphatic heterocycles. The standard InChI is InChI=1S/C13H12FNO.C3H4O/c1-16-13-7-4-10(8-12(13)14)9-2-5-11(15)6-3-9;1-2-3-4/h2-8H,15H2,1H3;2-3H,1H2. The minimum Gasteiger partial charge on any atom is -0.494 e. The highest BCUT2D eigenvalue weighted by Gasteiger charge is 2.04. The van der Waals surface area contributed by atoms with Crippen LogP contribution in [-0.2, 0) is 4.79 Å². The number of carbonyl (C=O) groups is 1. The van der Waals surface area contributed by atoms with E-state index in [-0.39, 0.29) is 11.6 Å². The molecule has 0 aromatic heterocycles. The highest BCUT2D eigenvalue weighted by molar-refractivity contribution is 5.66. The summed E-state index contributed by atoms with van der Waals surface area (Å²) in [6.45, 7) is 3.11. The average Bonchev–Trinajstić information content (AvgIpc) is 2.48. The van der Waals surface area contributed by atoms with Crippen LogP contribution in [0.4, 0.5) is 10.1 Å². The van der Waals surface area contributed by atoms with Gasteiger partial charge in [-0.25, -0.2) is 4.39 Å². The molecule has 0 saturated carbocycles. The zero-order valence-electron chi connectivity index (χ0n) is 11.2. The first-order valence-electron chi connectivity index (χ1n) is 5.88. The first-order valence-corrected chi connectivity index (χ1v) is 5.88. The molecular formula is C16H16FNO2. The molecule has 0 saturated heterocycles.